The summed E-state index contributed by atoms with van der Waals surface area (Å²) in [6.45, 7) is 0.230. The minimum absolute atomic E-state index is 0.0173. The second-order valence-corrected chi connectivity index (χ2v) is 5.72. The molecule has 1 rings (SSSR count). The van der Waals surface area contributed by atoms with Crippen molar-refractivity contribution < 1.29 is 18.0 Å². The number of alkyl halides is 3. The van der Waals surface area contributed by atoms with Gasteiger partial charge in [-0.15, -0.1) is 0 Å². The molecule has 0 heterocycles. The zero-order valence-corrected chi connectivity index (χ0v) is 13.0. The van der Waals surface area contributed by atoms with E-state index >= 15 is 0 Å². The predicted octanol–water partition coefficient (Wildman–Crippen LogP) is 4.67. The minimum atomic E-state index is -4.13. The van der Waals surface area contributed by atoms with Gasteiger partial charge < -0.3 is 5.32 Å². The van der Waals surface area contributed by atoms with Gasteiger partial charge in [0.05, 0.1) is 5.56 Å². The number of nitrogens with one attached hydrogen (secondary N) is 1. The first-order valence-electron chi connectivity index (χ1n) is 5.59. The van der Waals surface area contributed by atoms with Crippen molar-refractivity contribution in [1.29, 1.82) is 0 Å². The molecule has 1 amide bonds. The van der Waals surface area contributed by atoms with Crippen LogP contribution < -0.4 is 5.32 Å². The van der Waals surface area contributed by atoms with Crippen LogP contribution in [0.15, 0.2) is 27.1 Å². The molecule has 0 aliphatic heterocycles. The van der Waals surface area contributed by atoms with Gasteiger partial charge in [-0.05, 0) is 47.0 Å². The number of rotatable bonds is 5. The summed E-state index contributed by atoms with van der Waals surface area (Å²) in [6.07, 6.45) is -4.62. The van der Waals surface area contributed by atoms with Crippen LogP contribution in [-0.4, -0.2) is 18.6 Å². The predicted molar refractivity (Wildman–Crippen MR) is 74.1 cm³/mol. The summed E-state index contributed by atoms with van der Waals surface area (Å²) in [4.78, 5) is 11.8. The number of hydrogen-bond acceptors (Lipinski definition) is 1. The van der Waals surface area contributed by atoms with E-state index in [1.807, 2.05) is 0 Å². The van der Waals surface area contributed by atoms with Gasteiger partial charge >= 0.3 is 6.18 Å². The molecular weight excluding hydrogens is 391 g/mol. The third-order valence-electron chi connectivity index (χ3n) is 2.35. The first-order valence-corrected chi connectivity index (χ1v) is 7.18. The van der Waals surface area contributed by atoms with Crippen LogP contribution in [0.5, 0.6) is 0 Å². The molecule has 0 saturated carbocycles. The maximum Gasteiger partial charge on any atom is 0.389 e. The van der Waals surface area contributed by atoms with E-state index in [4.69, 9.17) is 0 Å². The molecule has 0 unspecified atom stereocenters. The Morgan fingerprint density at radius 1 is 1.21 bits per heavy atom. The number of benzene rings is 1. The molecule has 7 heteroatoms. The highest BCUT2D eigenvalue weighted by Gasteiger charge is 2.25. The van der Waals surface area contributed by atoms with Gasteiger partial charge in [-0.2, -0.15) is 13.2 Å². The number of halogens is 5. The normalized spacial score (nSPS) is 11.4. The third kappa shape index (κ3) is 6.42. The third-order valence-corrected chi connectivity index (χ3v) is 3.53. The summed E-state index contributed by atoms with van der Waals surface area (Å²) in [5, 5.41) is 2.60. The number of carbonyl (C=O) groups is 1. The lowest BCUT2D eigenvalue weighted by Gasteiger charge is -2.08. The van der Waals surface area contributed by atoms with Crippen molar-refractivity contribution in [2.24, 2.45) is 0 Å². The summed E-state index contributed by atoms with van der Waals surface area (Å²) >= 11 is 6.50. The van der Waals surface area contributed by atoms with Crippen molar-refractivity contribution in [3.63, 3.8) is 0 Å². The standard InChI is InChI=1S/C12H12Br2F3NO/c13-8-3-4-10(14)9(7-8)11(19)18-6-2-1-5-12(15,16)17/h3-4,7H,1-2,5-6H2,(H,18,19). The average molecular weight is 403 g/mol. The van der Waals surface area contributed by atoms with Crippen molar-refractivity contribution in [2.45, 2.75) is 25.4 Å². The highest BCUT2D eigenvalue weighted by Crippen LogP contribution is 2.22. The van der Waals surface area contributed by atoms with E-state index < -0.39 is 12.6 Å². The molecule has 1 aromatic rings. The van der Waals surface area contributed by atoms with E-state index in [-0.39, 0.29) is 18.9 Å². The molecule has 0 radical (unpaired) electrons. The molecule has 0 spiro atoms. The molecule has 0 aromatic heterocycles. The van der Waals surface area contributed by atoms with Gasteiger partial charge in [-0.3, -0.25) is 4.79 Å². The summed E-state index contributed by atoms with van der Waals surface area (Å²) < 4.78 is 37.1. The van der Waals surface area contributed by atoms with Crippen LogP contribution in [0.2, 0.25) is 0 Å². The molecule has 1 aromatic carbocycles. The first kappa shape index (κ1) is 16.5. The lowest BCUT2D eigenvalue weighted by molar-refractivity contribution is -0.135. The second-order valence-electron chi connectivity index (χ2n) is 3.95. The van der Waals surface area contributed by atoms with E-state index in [1.54, 1.807) is 18.2 Å². The first-order chi connectivity index (χ1) is 8.79. The Labute approximate surface area is 126 Å². The van der Waals surface area contributed by atoms with Crippen molar-refractivity contribution in [3.8, 4) is 0 Å². The summed E-state index contributed by atoms with van der Waals surface area (Å²) in [5.74, 6) is -0.305. The summed E-state index contributed by atoms with van der Waals surface area (Å²) in [7, 11) is 0. The van der Waals surface area contributed by atoms with Gasteiger partial charge in [0.2, 0.25) is 0 Å². The average Bonchev–Trinajstić information content (AvgIpc) is 2.30. The topological polar surface area (TPSA) is 29.1 Å². The Kier molecular flexibility index (Phi) is 6.32. The van der Waals surface area contributed by atoms with Crippen LogP contribution in [0, 0.1) is 0 Å². The Morgan fingerprint density at radius 2 is 1.89 bits per heavy atom. The van der Waals surface area contributed by atoms with Crippen LogP contribution in [-0.2, 0) is 0 Å². The molecule has 2 nitrogen and oxygen atoms in total. The Morgan fingerprint density at radius 3 is 2.53 bits per heavy atom. The molecule has 0 aliphatic carbocycles. The van der Waals surface area contributed by atoms with Gasteiger partial charge in [-0.1, -0.05) is 15.9 Å². The molecule has 0 aliphatic rings. The maximum atomic E-state index is 11.9. The maximum absolute atomic E-state index is 11.9. The molecule has 0 saturated heterocycles. The van der Waals surface area contributed by atoms with E-state index in [2.05, 4.69) is 37.2 Å². The molecule has 1 N–H and O–H groups in total. The van der Waals surface area contributed by atoms with E-state index in [0.29, 0.717) is 16.5 Å². The monoisotopic (exact) mass is 401 g/mol. The van der Waals surface area contributed by atoms with Gasteiger partial charge in [0, 0.05) is 21.9 Å². The highest BCUT2D eigenvalue weighted by atomic mass is 79.9. The summed E-state index contributed by atoms with van der Waals surface area (Å²) in [5.41, 5.74) is 0.449. The largest absolute Gasteiger partial charge is 0.389 e. The van der Waals surface area contributed by atoms with Crippen molar-refractivity contribution >= 4 is 37.8 Å². The fourth-order valence-corrected chi connectivity index (χ4v) is 2.21. The molecule has 0 atom stereocenters. The number of amides is 1. The zero-order valence-electron chi connectivity index (χ0n) is 9.86. The van der Waals surface area contributed by atoms with Gasteiger partial charge in [0.15, 0.2) is 0 Å². The SMILES string of the molecule is O=C(NCCCCC(F)(F)F)c1cc(Br)ccc1Br. The van der Waals surface area contributed by atoms with E-state index in [9.17, 15) is 18.0 Å². The van der Waals surface area contributed by atoms with Crippen LogP contribution in [0.1, 0.15) is 29.6 Å². The van der Waals surface area contributed by atoms with Gasteiger partial charge in [0.25, 0.3) is 5.91 Å². The Hall–Kier alpha value is -0.560. The molecule has 106 valence electrons. The minimum Gasteiger partial charge on any atom is -0.352 e. The fourth-order valence-electron chi connectivity index (χ4n) is 1.42. The highest BCUT2D eigenvalue weighted by molar-refractivity contribution is 9.11. The lowest BCUT2D eigenvalue weighted by atomic mass is 10.2. The zero-order chi connectivity index (χ0) is 14.5. The molecular formula is C12H12Br2F3NO. The molecule has 19 heavy (non-hydrogen) atoms. The van der Waals surface area contributed by atoms with E-state index in [1.165, 1.54) is 0 Å². The quantitative estimate of drug-likeness (QED) is 0.712. The van der Waals surface area contributed by atoms with Gasteiger partial charge in [0.1, 0.15) is 0 Å². The number of carbonyl (C=O) groups excluding carboxylic acids is 1. The summed E-state index contributed by atoms with van der Waals surface area (Å²) in [6, 6.07) is 5.15. The van der Waals surface area contributed by atoms with Crippen LogP contribution in [0.4, 0.5) is 13.2 Å². The molecule has 0 fully saturated rings. The lowest BCUT2D eigenvalue weighted by Crippen LogP contribution is -2.25. The van der Waals surface area contributed by atoms with Crippen LogP contribution >= 0.6 is 31.9 Å². The van der Waals surface area contributed by atoms with Crippen LogP contribution in [0.3, 0.4) is 0 Å². The van der Waals surface area contributed by atoms with Crippen LogP contribution in [0.25, 0.3) is 0 Å². The van der Waals surface area contributed by atoms with Gasteiger partial charge in [-0.25, -0.2) is 0 Å². The van der Waals surface area contributed by atoms with Crippen molar-refractivity contribution in [3.05, 3.63) is 32.7 Å². The Balaban J connectivity index is 2.38. The second kappa shape index (κ2) is 7.28. The van der Waals surface area contributed by atoms with Crippen molar-refractivity contribution in [2.75, 3.05) is 6.54 Å². The van der Waals surface area contributed by atoms with E-state index in [0.717, 1.165) is 4.47 Å². The van der Waals surface area contributed by atoms with Crippen molar-refractivity contribution in [1.82, 2.24) is 5.32 Å². The fraction of sp³-hybridized carbons (Fsp3) is 0.417. The molecule has 0 bridgehead atoms. The Bertz CT molecular complexity index is 449. The smallest absolute Gasteiger partial charge is 0.352 e. The number of unbranched alkanes of at least 4 members (excludes halogenated alkanes) is 1. The number of hydrogen-bond donors (Lipinski definition) is 1.